The van der Waals surface area contributed by atoms with Gasteiger partial charge in [-0.1, -0.05) is 30.3 Å². The Balaban J connectivity index is 1.55. The van der Waals surface area contributed by atoms with Crippen molar-refractivity contribution in [3.63, 3.8) is 0 Å². The van der Waals surface area contributed by atoms with Gasteiger partial charge in [-0.3, -0.25) is 9.59 Å². The van der Waals surface area contributed by atoms with Crippen LogP contribution in [0.5, 0.6) is 0 Å². The molecule has 0 bridgehead atoms. The van der Waals surface area contributed by atoms with Crippen LogP contribution in [0, 0.1) is 0 Å². The number of hydrogen-bond acceptors (Lipinski definition) is 9. The largest absolute Gasteiger partial charge is 0.466 e. The number of nitrogens with zero attached hydrogens (tertiary/aromatic N) is 3. The number of rotatable bonds is 9. The molecule has 1 atom stereocenters. The number of carbonyl (C=O) groups is 4. The van der Waals surface area contributed by atoms with E-state index in [-0.39, 0.29) is 25.1 Å². The Morgan fingerprint density at radius 2 is 1.74 bits per heavy atom. The Bertz CT molecular complexity index is 1160. The number of amides is 2. The molecule has 0 saturated carbocycles. The lowest BCUT2D eigenvalue weighted by atomic mass is 10.1. The van der Waals surface area contributed by atoms with Gasteiger partial charge in [0.1, 0.15) is 11.7 Å². The van der Waals surface area contributed by atoms with Gasteiger partial charge in [-0.25, -0.2) is 14.6 Å². The summed E-state index contributed by atoms with van der Waals surface area (Å²) in [6.45, 7) is 5.62. The Hall–Kier alpha value is -3.99. The molecule has 2 aliphatic heterocycles. The fourth-order valence-corrected chi connectivity index (χ4v) is 4.59. The number of benzene rings is 1. The second-order valence-electron chi connectivity index (χ2n) is 9.45. The summed E-state index contributed by atoms with van der Waals surface area (Å²) in [6, 6.07) is 11.9. The second kappa shape index (κ2) is 13.7. The summed E-state index contributed by atoms with van der Waals surface area (Å²) in [4.78, 5) is 59.2. The summed E-state index contributed by atoms with van der Waals surface area (Å²) in [5.74, 6) is -2.05. The minimum atomic E-state index is -1.24. The van der Waals surface area contributed by atoms with E-state index in [0.717, 1.165) is 37.2 Å². The summed E-state index contributed by atoms with van der Waals surface area (Å²) in [5.41, 5.74) is 2.48. The van der Waals surface area contributed by atoms with Gasteiger partial charge in [0.2, 0.25) is 0 Å². The lowest BCUT2D eigenvalue weighted by molar-refractivity contribution is -0.144. The normalized spacial score (nSPS) is 15.9. The van der Waals surface area contributed by atoms with Gasteiger partial charge < -0.3 is 29.9 Å². The number of pyridine rings is 1. The van der Waals surface area contributed by atoms with Gasteiger partial charge in [0, 0.05) is 56.9 Å². The minimum Gasteiger partial charge on any atom is -0.466 e. The molecule has 11 heteroatoms. The minimum absolute atomic E-state index is 0.0877. The number of ether oxygens (including phenoxy) is 2. The Morgan fingerprint density at radius 1 is 1.03 bits per heavy atom. The highest BCUT2D eigenvalue weighted by molar-refractivity contribution is 5.98. The number of aromatic nitrogens is 1. The van der Waals surface area contributed by atoms with Crippen LogP contribution < -0.4 is 15.5 Å². The first-order chi connectivity index (χ1) is 18.9. The maximum Gasteiger partial charge on any atom is 0.417 e. The van der Waals surface area contributed by atoms with Gasteiger partial charge in [-0.05, 0) is 38.3 Å². The van der Waals surface area contributed by atoms with E-state index in [4.69, 9.17) is 9.47 Å². The molecule has 2 aliphatic rings. The first-order valence-corrected chi connectivity index (χ1v) is 13.4. The van der Waals surface area contributed by atoms with E-state index in [1.54, 1.807) is 13.0 Å². The topological polar surface area (TPSA) is 130 Å². The van der Waals surface area contributed by atoms with Gasteiger partial charge >= 0.3 is 18.0 Å². The molecule has 39 heavy (non-hydrogen) atoms. The highest BCUT2D eigenvalue weighted by atomic mass is 16.6. The number of carbonyl (C=O) groups excluding carboxylic acids is 4. The molecule has 2 N–H and O–H groups in total. The molecular formula is C28H35N5O6. The van der Waals surface area contributed by atoms with Gasteiger partial charge in [0.25, 0.3) is 5.91 Å². The van der Waals surface area contributed by atoms with Crippen LogP contribution in [0.2, 0.25) is 0 Å². The van der Waals surface area contributed by atoms with Crippen LogP contribution in [0.1, 0.15) is 43.1 Å². The van der Waals surface area contributed by atoms with E-state index in [2.05, 4.69) is 20.5 Å². The molecule has 3 heterocycles. The molecule has 2 aromatic rings. The van der Waals surface area contributed by atoms with Gasteiger partial charge in [0.05, 0.1) is 12.3 Å². The van der Waals surface area contributed by atoms with Crippen molar-refractivity contribution in [1.29, 1.82) is 0 Å². The van der Waals surface area contributed by atoms with E-state index in [1.807, 2.05) is 36.4 Å². The molecule has 1 unspecified atom stereocenters. The molecule has 1 aromatic carbocycles. The summed E-state index contributed by atoms with van der Waals surface area (Å²) >= 11 is 0. The van der Waals surface area contributed by atoms with Crippen molar-refractivity contribution in [2.75, 3.05) is 50.8 Å². The first kappa shape index (κ1) is 28.0. The molecule has 2 saturated heterocycles. The highest BCUT2D eigenvalue weighted by Crippen LogP contribution is 2.27. The fraction of sp³-hybridized carbons (Fsp3) is 0.464. The molecule has 4 rings (SSSR count). The van der Waals surface area contributed by atoms with E-state index in [0.29, 0.717) is 31.9 Å². The maximum absolute atomic E-state index is 13.4. The molecule has 11 nitrogen and oxygen atoms in total. The average molecular weight is 538 g/mol. The maximum atomic E-state index is 13.4. The number of esters is 2. The zero-order chi connectivity index (χ0) is 27.6. The zero-order valence-electron chi connectivity index (χ0n) is 22.2. The van der Waals surface area contributed by atoms with Crippen LogP contribution in [-0.4, -0.2) is 85.7 Å². The quantitative estimate of drug-likeness (QED) is 0.366. The van der Waals surface area contributed by atoms with Gasteiger partial charge in [-0.15, -0.1) is 0 Å². The number of piperazine rings is 1. The molecule has 1 aromatic heterocycles. The van der Waals surface area contributed by atoms with E-state index in [9.17, 15) is 19.2 Å². The Morgan fingerprint density at radius 3 is 2.44 bits per heavy atom. The van der Waals surface area contributed by atoms with Crippen LogP contribution in [0.3, 0.4) is 0 Å². The van der Waals surface area contributed by atoms with Crippen molar-refractivity contribution in [2.24, 2.45) is 0 Å². The number of anilines is 1. The van der Waals surface area contributed by atoms with E-state index < -0.39 is 30.0 Å². The monoisotopic (exact) mass is 537 g/mol. The molecule has 0 spiro atoms. The summed E-state index contributed by atoms with van der Waals surface area (Å²) in [5, 5.41) is 5.77. The van der Waals surface area contributed by atoms with Crippen LogP contribution in [0.25, 0.3) is 11.3 Å². The molecule has 0 radical (unpaired) electrons. The lowest BCUT2D eigenvalue weighted by Gasteiger charge is -2.27. The van der Waals surface area contributed by atoms with Crippen molar-refractivity contribution in [3.05, 3.63) is 48.2 Å². The van der Waals surface area contributed by atoms with Crippen molar-refractivity contribution < 1.29 is 28.7 Å². The predicted molar refractivity (Wildman–Crippen MR) is 144 cm³/mol. The molecule has 2 fully saturated rings. The van der Waals surface area contributed by atoms with Crippen molar-refractivity contribution >= 4 is 29.6 Å². The van der Waals surface area contributed by atoms with Crippen molar-refractivity contribution in [1.82, 2.24) is 20.5 Å². The molecule has 0 aliphatic carbocycles. The Kier molecular flexibility index (Phi) is 9.85. The summed E-state index contributed by atoms with van der Waals surface area (Å²) < 4.78 is 10.1. The SMILES string of the molecule is CCOC(=O)CCC(NC(=O)c1cc(N2CCCC2)cc(-c2ccccc2)n1)C(=O)OC(=O)N1CCNCC1. The third-order valence-corrected chi connectivity index (χ3v) is 6.68. The molecule has 208 valence electrons. The predicted octanol–water partition coefficient (Wildman–Crippen LogP) is 2.36. The third-order valence-electron chi connectivity index (χ3n) is 6.68. The lowest BCUT2D eigenvalue weighted by Crippen LogP contribution is -2.49. The van der Waals surface area contributed by atoms with Crippen LogP contribution in [0.4, 0.5) is 10.5 Å². The molecule has 2 amide bonds. The molecular weight excluding hydrogens is 502 g/mol. The zero-order valence-corrected chi connectivity index (χ0v) is 22.2. The van der Waals surface area contributed by atoms with Crippen molar-refractivity contribution in [3.8, 4) is 11.3 Å². The summed E-state index contributed by atoms with van der Waals surface area (Å²) in [6.07, 6.45) is 1.13. The second-order valence-corrected chi connectivity index (χ2v) is 9.45. The summed E-state index contributed by atoms with van der Waals surface area (Å²) in [7, 11) is 0. The number of hydrogen-bond donors (Lipinski definition) is 2. The third kappa shape index (κ3) is 7.76. The van der Waals surface area contributed by atoms with Gasteiger partial charge in [-0.2, -0.15) is 0 Å². The van der Waals surface area contributed by atoms with Crippen LogP contribution >= 0.6 is 0 Å². The standard InChI is InChI=1S/C28H35N5O6/c1-2-38-25(34)11-10-22(27(36)39-28(37)33-16-12-29-13-17-33)31-26(35)24-19-21(32-14-6-7-15-32)18-23(30-24)20-8-4-3-5-9-20/h3-5,8-9,18-19,22,29H,2,6-7,10-17H2,1H3,(H,31,35). The van der Waals surface area contributed by atoms with E-state index >= 15 is 0 Å². The Labute approximate surface area is 227 Å². The first-order valence-electron chi connectivity index (χ1n) is 13.4. The van der Waals surface area contributed by atoms with E-state index in [1.165, 1.54) is 4.90 Å². The van der Waals surface area contributed by atoms with Crippen LogP contribution in [-0.2, 0) is 19.1 Å². The number of nitrogens with one attached hydrogen (secondary N) is 2. The highest BCUT2D eigenvalue weighted by Gasteiger charge is 2.29. The smallest absolute Gasteiger partial charge is 0.417 e. The van der Waals surface area contributed by atoms with Gasteiger partial charge in [0.15, 0.2) is 0 Å². The average Bonchev–Trinajstić information content (AvgIpc) is 3.51. The van der Waals surface area contributed by atoms with Crippen LogP contribution in [0.15, 0.2) is 42.5 Å². The fourth-order valence-electron chi connectivity index (χ4n) is 4.59. The van der Waals surface area contributed by atoms with Crippen molar-refractivity contribution in [2.45, 2.75) is 38.6 Å².